The van der Waals surface area contributed by atoms with E-state index in [-0.39, 0.29) is 5.91 Å². The van der Waals surface area contributed by atoms with Crippen molar-refractivity contribution in [1.29, 1.82) is 0 Å². The molecule has 1 saturated heterocycles. The van der Waals surface area contributed by atoms with Crippen LogP contribution in [-0.2, 0) is 4.79 Å². The highest BCUT2D eigenvalue weighted by molar-refractivity contribution is 5.91. The fraction of sp³-hybridized carbons (Fsp3) is 0.471. The van der Waals surface area contributed by atoms with Crippen molar-refractivity contribution in [1.82, 2.24) is 4.90 Å². The maximum absolute atomic E-state index is 12.2. The number of benzene rings is 1. The molecule has 1 aromatic rings. The van der Waals surface area contributed by atoms with E-state index in [0.29, 0.717) is 17.4 Å². The smallest absolute Gasteiger partial charge is 0.246 e. The second-order valence-electron chi connectivity index (χ2n) is 5.48. The lowest BCUT2D eigenvalue weighted by molar-refractivity contribution is -0.127. The summed E-state index contributed by atoms with van der Waals surface area (Å²) in [7, 11) is 3.21. The van der Waals surface area contributed by atoms with Gasteiger partial charge in [0.15, 0.2) is 11.5 Å². The molecule has 4 heteroatoms. The van der Waals surface area contributed by atoms with Gasteiger partial charge in [0.2, 0.25) is 5.91 Å². The molecule has 2 rings (SSSR count). The van der Waals surface area contributed by atoms with Gasteiger partial charge in [-0.3, -0.25) is 4.79 Å². The highest BCUT2D eigenvalue weighted by atomic mass is 16.5. The Balaban J connectivity index is 2.04. The van der Waals surface area contributed by atoms with Crippen LogP contribution in [0.2, 0.25) is 0 Å². The SMILES string of the molecule is COc1ccc(C=CC(=O)N2CCCC(C)C2)cc1OC. The van der Waals surface area contributed by atoms with E-state index in [9.17, 15) is 4.79 Å². The molecule has 0 aliphatic carbocycles. The van der Waals surface area contributed by atoms with Gasteiger partial charge in [0, 0.05) is 19.2 Å². The van der Waals surface area contributed by atoms with Crippen LogP contribution >= 0.6 is 0 Å². The van der Waals surface area contributed by atoms with Gasteiger partial charge in [0.05, 0.1) is 14.2 Å². The van der Waals surface area contributed by atoms with E-state index >= 15 is 0 Å². The van der Waals surface area contributed by atoms with Gasteiger partial charge in [-0.15, -0.1) is 0 Å². The third-order valence-corrected chi connectivity index (χ3v) is 3.79. The molecule has 0 spiro atoms. The zero-order valence-corrected chi connectivity index (χ0v) is 13.0. The molecule has 0 N–H and O–H groups in total. The van der Waals surface area contributed by atoms with Crippen LogP contribution in [0.4, 0.5) is 0 Å². The molecule has 1 aromatic carbocycles. The van der Waals surface area contributed by atoms with Gasteiger partial charge in [0.25, 0.3) is 0 Å². The van der Waals surface area contributed by atoms with Crippen molar-refractivity contribution in [3.8, 4) is 11.5 Å². The Kier molecular flexibility index (Phi) is 5.26. The second kappa shape index (κ2) is 7.16. The quantitative estimate of drug-likeness (QED) is 0.800. The molecule has 21 heavy (non-hydrogen) atoms. The number of likely N-dealkylation sites (tertiary alicyclic amines) is 1. The lowest BCUT2D eigenvalue weighted by atomic mass is 10.0. The number of methoxy groups -OCH3 is 2. The monoisotopic (exact) mass is 289 g/mol. The maximum Gasteiger partial charge on any atom is 0.246 e. The van der Waals surface area contributed by atoms with Crippen molar-refractivity contribution < 1.29 is 14.3 Å². The fourth-order valence-electron chi connectivity index (χ4n) is 2.62. The third kappa shape index (κ3) is 4.00. The molecule has 4 nitrogen and oxygen atoms in total. The predicted octanol–water partition coefficient (Wildman–Crippen LogP) is 2.98. The van der Waals surface area contributed by atoms with Crippen LogP contribution in [0, 0.1) is 5.92 Å². The molecule has 1 aliphatic rings. The zero-order valence-electron chi connectivity index (χ0n) is 13.0. The maximum atomic E-state index is 12.2. The average molecular weight is 289 g/mol. The molecule has 1 unspecified atom stereocenters. The van der Waals surface area contributed by atoms with E-state index in [4.69, 9.17) is 9.47 Å². The van der Waals surface area contributed by atoms with Gasteiger partial charge in [-0.2, -0.15) is 0 Å². The zero-order chi connectivity index (χ0) is 15.2. The van der Waals surface area contributed by atoms with Gasteiger partial charge in [-0.05, 0) is 42.5 Å². The van der Waals surface area contributed by atoms with Gasteiger partial charge < -0.3 is 14.4 Å². The third-order valence-electron chi connectivity index (χ3n) is 3.79. The molecule has 1 aliphatic heterocycles. The molecule has 1 amide bonds. The summed E-state index contributed by atoms with van der Waals surface area (Å²) in [6, 6.07) is 5.61. The summed E-state index contributed by atoms with van der Waals surface area (Å²) in [6.45, 7) is 3.91. The predicted molar refractivity (Wildman–Crippen MR) is 83.6 cm³/mol. The Hall–Kier alpha value is -1.97. The van der Waals surface area contributed by atoms with E-state index in [1.165, 1.54) is 6.42 Å². The van der Waals surface area contributed by atoms with Crippen LogP contribution in [0.3, 0.4) is 0 Å². The Morgan fingerprint density at radius 2 is 2.05 bits per heavy atom. The first kappa shape index (κ1) is 15.4. The minimum absolute atomic E-state index is 0.0799. The van der Waals surface area contributed by atoms with Crippen molar-refractivity contribution in [2.75, 3.05) is 27.3 Å². The Morgan fingerprint density at radius 1 is 1.29 bits per heavy atom. The molecule has 0 radical (unpaired) electrons. The number of ether oxygens (including phenoxy) is 2. The Bertz CT molecular complexity index is 525. The lowest BCUT2D eigenvalue weighted by Crippen LogP contribution is -2.38. The van der Waals surface area contributed by atoms with Crippen molar-refractivity contribution in [2.24, 2.45) is 5.92 Å². The van der Waals surface area contributed by atoms with Crippen LogP contribution in [0.25, 0.3) is 6.08 Å². The molecule has 0 saturated carbocycles. The molecular formula is C17H23NO3. The Labute approximate surface area is 126 Å². The van der Waals surface area contributed by atoms with Crippen molar-refractivity contribution in [2.45, 2.75) is 19.8 Å². The Morgan fingerprint density at radius 3 is 2.71 bits per heavy atom. The number of nitrogens with zero attached hydrogens (tertiary/aromatic N) is 1. The second-order valence-corrected chi connectivity index (χ2v) is 5.48. The van der Waals surface area contributed by atoms with E-state index in [0.717, 1.165) is 25.1 Å². The fourth-order valence-corrected chi connectivity index (χ4v) is 2.62. The molecule has 0 bridgehead atoms. The number of rotatable bonds is 4. The summed E-state index contributed by atoms with van der Waals surface area (Å²) in [5, 5.41) is 0. The van der Waals surface area contributed by atoms with E-state index < -0.39 is 0 Å². The van der Waals surface area contributed by atoms with Crippen LogP contribution in [-0.4, -0.2) is 38.1 Å². The average Bonchev–Trinajstić information content (AvgIpc) is 2.52. The normalized spacial score (nSPS) is 18.8. The summed E-state index contributed by atoms with van der Waals surface area (Å²) in [5.74, 6) is 2.03. The van der Waals surface area contributed by atoms with Gasteiger partial charge in [-0.25, -0.2) is 0 Å². The molecule has 1 fully saturated rings. The summed E-state index contributed by atoms with van der Waals surface area (Å²) in [5.41, 5.74) is 0.922. The molecule has 0 aromatic heterocycles. The van der Waals surface area contributed by atoms with Gasteiger partial charge in [0.1, 0.15) is 0 Å². The highest BCUT2D eigenvalue weighted by Gasteiger charge is 2.18. The first-order chi connectivity index (χ1) is 10.1. The summed E-state index contributed by atoms with van der Waals surface area (Å²) in [6.07, 6.45) is 5.77. The summed E-state index contributed by atoms with van der Waals surface area (Å²) >= 11 is 0. The largest absolute Gasteiger partial charge is 0.493 e. The minimum atomic E-state index is 0.0799. The topological polar surface area (TPSA) is 38.8 Å². The van der Waals surface area contributed by atoms with Crippen LogP contribution in [0.15, 0.2) is 24.3 Å². The van der Waals surface area contributed by atoms with Crippen molar-refractivity contribution in [3.63, 3.8) is 0 Å². The lowest BCUT2D eigenvalue weighted by Gasteiger charge is -2.30. The van der Waals surface area contributed by atoms with Crippen LogP contribution in [0.5, 0.6) is 11.5 Å². The minimum Gasteiger partial charge on any atom is -0.493 e. The van der Waals surface area contributed by atoms with Gasteiger partial charge >= 0.3 is 0 Å². The summed E-state index contributed by atoms with van der Waals surface area (Å²) < 4.78 is 10.5. The molecule has 1 atom stereocenters. The van der Waals surface area contributed by atoms with Gasteiger partial charge in [-0.1, -0.05) is 13.0 Å². The number of piperidine rings is 1. The summed E-state index contributed by atoms with van der Waals surface area (Å²) in [4.78, 5) is 14.1. The van der Waals surface area contributed by atoms with Crippen molar-refractivity contribution >= 4 is 12.0 Å². The number of amides is 1. The molecular weight excluding hydrogens is 266 g/mol. The number of carbonyl (C=O) groups excluding carboxylic acids is 1. The van der Waals surface area contributed by atoms with Crippen LogP contribution < -0.4 is 9.47 Å². The van der Waals surface area contributed by atoms with E-state index in [1.54, 1.807) is 20.3 Å². The first-order valence-electron chi connectivity index (χ1n) is 7.33. The number of carbonyl (C=O) groups is 1. The van der Waals surface area contributed by atoms with Crippen LogP contribution in [0.1, 0.15) is 25.3 Å². The van der Waals surface area contributed by atoms with Crippen molar-refractivity contribution in [3.05, 3.63) is 29.8 Å². The number of hydrogen-bond acceptors (Lipinski definition) is 3. The number of hydrogen-bond donors (Lipinski definition) is 0. The highest BCUT2D eigenvalue weighted by Crippen LogP contribution is 2.28. The van der Waals surface area contributed by atoms with E-state index in [2.05, 4.69) is 6.92 Å². The first-order valence-corrected chi connectivity index (χ1v) is 7.33. The van der Waals surface area contributed by atoms with E-state index in [1.807, 2.05) is 29.2 Å². The standard InChI is InChI=1S/C17H23NO3/c1-13-5-4-10-18(12-13)17(19)9-7-14-6-8-15(20-2)16(11-14)21-3/h6-9,11,13H,4-5,10,12H2,1-3H3. The molecule has 1 heterocycles. The molecule has 114 valence electrons.